The van der Waals surface area contributed by atoms with Gasteiger partial charge in [0.1, 0.15) is 0 Å². The van der Waals surface area contributed by atoms with E-state index in [9.17, 15) is 0 Å². The quantitative estimate of drug-likeness (QED) is 0.172. The van der Waals surface area contributed by atoms with Crippen molar-refractivity contribution >= 4 is 55.7 Å². The zero-order valence-corrected chi connectivity index (χ0v) is 28.8. The largest absolute Gasteiger partial charge is 0.310 e. The molecule has 0 aliphatic heterocycles. The molecule has 2 heteroatoms. The minimum Gasteiger partial charge on any atom is -0.310 e. The Labute approximate surface area is 304 Å². The van der Waals surface area contributed by atoms with Gasteiger partial charge < -0.3 is 9.47 Å². The number of rotatable bonds is 6. The fraction of sp³-hybridized carbons (Fsp3) is 0.0400. The standard InChI is InChI=1S/C50H36N2/c1-2-13-35(14-3-1)38-17-12-18-42(34-38)51(40-27-29-41(30-28-40)52-48-23-10-8-21-46(48)47-22-9-11-24-49(47)52)50-32-31-43(44-19-6-7-20-45(44)50)39-26-25-36-15-4-5-16-37(36)33-39/h1-5,7-18,20-34H,6,19H2. The number of fused-ring (bicyclic) bond motifs is 5. The molecule has 52 heavy (non-hydrogen) atoms. The summed E-state index contributed by atoms with van der Waals surface area (Å²) in [6.07, 6.45) is 6.72. The molecular weight excluding hydrogens is 629 g/mol. The normalized spacial score (nSPS) is 12.4. The molecule has 1 aliphatic rings. The predicted octanol–water partition coefficient (Wildman–Crippen LogP) is 13.7. The molecule has 0 saturated heterocycles. The Balaban J connectivity index is 1.15. The maximum Gasteiger partial charge on any atom is 0.0541 e. The van der Waals surface area contributed by atoms with E-state index >= 15 is 0 Å². The second kappa shape index (κ2) is 12.6. The molecule has 2 nitrogen and oxygen atoms in total. The van der Waals surface area contributed by atoms with E-state index in [0.717, 1.165) is 29.9 Å². The van der Waals surface area contributed by atoms with Crippen molar-refractivity contribution in [2.45, 2.75) is 12.8 Å². The first-order chi connectivity index (χ1) is 25.8. The van der Waals surface area contributed by atoms with Gasteiger partial charge in [0.15, 0.2) is 0 Å². The summed E-state index contributed by atoms with van der Waals surface area (Å²) in [5.41, 5.74) is 14.7. The van der Waals surface area contributed by atoms with Crippen LogP contribution in [0.25, 0.3) is 66.6 Å². The third-order valence-electron chi connectivity index (χ3n) is 10.6. The average Bonchev–Trinajstić information content (AvgIpc) is 3.56. The lowest BCUT2D eigenvalue weighted by atomic mass is 9.87. The van der Waals surface area contributed by atoms with Gasteiger partial charge in [0.2, 0.25) is 0 Å². The van der Waals surface area contributed by atoms with Crippen LogP contribution >= 0.6 is 0 Å². The highest BCUT2D eigenvalue weighted by Gasteiger charge is 2.22. The molecule has 1 aliphatic carbocycles. The first-order valence-corrected chi connectivity index (χ1v) is 18.2. The molecule has 0 spiro atoms. The predicted molar refractivity (Wildman–Crippen MR) is 221 cm³/mol. The Morgan fingerprint density at radius 3 is 1.94 bits per heavy atom. The van der Waals surface area contributed by atoms with Crippen molar-refractivity contribution in [2.75, 3.05) is 4.90 Å². The third-order valence-corrected chi connectivity index (χ3v) is 10.6. The molecular formula is C50H36N2. The van der Waals surface area contributed by atoms with Gasteiger partial charge in [-0.1, -0.05) is 133 Å². The number of benzene rings is 8. The molecule has 1 aromatic heterocycles. The summed E-state index contributed by atoms with van der Waals surface area (Å²) < 4.78 is 2.39. The van der Waals surface area contributed by atoms with E-state index in [1.165, 1.54) is 71.6 Å². The Bertz CT molecular complexity index is 2730. The van der Waals surface area contributed by atoms with Crippen LogP contribution in [0.5, 0.6) is 0 Å². The highest BCUT2D eigenvalue weighted by Crippen LogP contribution is 2.44. The minimum atomic E-state index is 1.01. The highest BCUT2D eigenvalue weighted by atomic mass is 15.1. The van der Waals surface area contributed by atoms with E-state index in [1.54, 1.807) is 0 Å². The SMILES string of the molecule is C1=Cc2c(N(c3ccc(-n4c5ccccc5c5ccccc54)cc3)c3cccc(-c4ccccc4)c3)ccc(-c3ccc4ccccc4c3)c2CC1. The van der Waals surface area contributed by atoms with Gasteiger partial charge in [0.05, 0.1) is 16.7 Å². The van der Waals surface area contributed by atoms with Crippen LogP contribution in [-0.4, -0.2) is 4.57 Å². The number of aromatic nitrogens is 1. The van der Waals surface area contributed by atoms with Crippen molar-refractivity contribution < 1.29 is 0 Å². The van der Waals surface area contributed by atoms with E-state index in [2.05, 4.69) is 204 Å². The smallest absolute Gasteiger partial charge is 0.0541 e. The van der Waals surface area contributed by atoms with Gasteiger partial charge in [-0.15, -0.1) is 0 Å². The molecule has 246 valence electrons. The minimum absolute atomic E-state index is 1.01. The van der Waals surface area contributed by atoms with Crippen molar-refractivity contribution in [1.29, 1.82) is 0 Å². The van der Waals surface area contributed by atoms with Gasteiger partial charge in [-0.3, -0.25) is 0 Å². The number of para-hydroxylation sites is 2. The molecule has 8 aromatic carbocycles. The van der Waals surface area contributed by atoms with Crippen LogP contribution in [0.2, 0.25) is 0 Å². The van der Waals surface area contributed by atoms with E-state index < -0.39 is 0 Å². The highest BCUT2D eigenvalue weighted by molar-refractivity contribution is 6.09. The summed E-state index contributed by atoms with van der Waals surface area (Å²) >= 11 is 0. The summed E-state index contributed by atoms with van der Waals surface area (Å²) in [4.78, 5) is 2.45. The summed E-state index contributed by atoms with van der Waals surface area (Å²) in [6, 6.07) is 66.3. The number of allylic oxidation sites excluding steroid dienone is 1. The van der Waals surface area contributed by atoms with E-state index in [-0.39, 0.29) is 0 Å². The lowest BCUT2D eigenvalue weighted by Crippen LogP contribution is -2.14. The van der Waals surface area contributed by atoms with Crippen molar-refractivity contribution in [3.8, 4) is 27.9 Å². The van der Waals surface area contributed by atoms with Crippen LogP contribution in [0.1, 0.15) is 17.5 Å². The Kier molecular flexibility index (Phi) is 7.32. The molecule has 1 heterocycles. The van der Waals surface area contributed by atoms with E-state index in [0.29, 0.717) is 0 Å². The average molecular weight is 665 g/mol. The van der Waals surface area contributed by atoms with Crippen LogP contribution in [0, 0.1) is 0 Å². The summed E-state index contributed by atoms with van der Waals surface area (Å²) in [7, 11) is 0. The summed E-state index contributed by atoms with van der Waals surface area (Å²) in [5, 5.41) is 5.08. The summed E-state index contributed by atoms with van der Waals surface area (Å²) in [5.74, 6) is 0. The molecule has 9 aromatic rings. The van der Waals surface area contributed by atoms with E-state index in [4.69, 9.17) is 0 Å². The van der Waals surface area contributed by atoms with Gasteiger partial charge in [-0.2, -0.15) is 0 Å². The van der Waals surface area contributed by atoms with Gasteiger partial charge in [-0.25, -0.2) is 0 Å². The second-order valence-corrected chi connectivity index (χ2v) is 13.7. The first kappa shape index (κ1) is 30.2. The topological polar surface area (TPSA) is 8.17 Å². The van der Waals surface area contributed by atoms with Crippen LogP contribution in [0.4, 0.5) is 17.1 Å². The van der Waals surface area contributed by atoms with E-state index in [1.807, 2.05) is 0 Å². The Morgan fingerprint density at radius 2 is 1.15 bits per heavy atom. The van der Waals surface area contributed by atoms with Gasteiger partial charge >= 0.3 is 0 Å². The van der Waals surface area contributed by atoms with Gasteiger partial charge in [0.25, 0.3) is 0 Å². The lowest BCUT2D eigenvalue weighted by molar-refractivity contribution is 0.986. The molecule has 0 radical (unpaired) electrons. The molecule has 0 N–H and O–H groups in total. The molecule has 0 fully saturated rings. The molecule has 0 saturated carbocycles. The molecule has 0 atom stereocenters. The Hall–Kier alpha value is -6.64. The fourth-order valence-electron chi connectivity index (χ4n) is 8.19. The van der Waals surface area contributed by atoms with Crippen molar-refractivity contribution in [2.24, 2.45) is 0 Å². The lowest BCUT2D eigenvalue weighted by Gasteiger charge is -2.30. The number of nitrogens with zero attached hydrogens (tertiary/aromatic N) is 2. The summed E-state index contributed by atoms with van der Waals surface area (Å²) in [6.45, 7) is 0. The maximum absolute atomic E-state index is 2.45. The first-order valence-electron chi connectivity index (χ1n) is 18.2. The van der Waals surface area contributed by atoms with Gasteiger partial charge in [0, 0.05) is 33.4 Å². The van der Waals surface area contributed by atoms with Crippen LogP contribution in [0.3, 0.4) is 0 Å². The van der Waals surface area contributed by atoms with Crippen LogP contribution in [-0.2, 0) is 6.42 Å². The fourth-order valence-corrected chi connectivity index (χ4v) is 8.19. The molecule has 0 amide bonds. The molecule has 10 rings (SSSR count). The van der Waals surface area contributed by atoms with Crippen molar-refractivity contribution in [1.82, 2.24) is 4.57 Å². The van der Waals surface area contributed by atoms with Crippen molar-refractivity contribution in [3.63, 3.8) is 0 Å². The van der Waals surface area contributed by atoms with Crippen molar-refractivity contribution in [3.05, 3.63) is 199 Å². The molecule has 0 bridgehead atoms. The zero-order valence-electron chi connectivity index (χ0n) is 28.8. The second-order valence-electron chi connectivity index (χ2n) is 13.7. The number of hydrogen-bond donors (Lipinski definition) is 0. The third kappa shape index (κ3) is 5.11. The molecule has 0 unspecified atom stereocenters. The monoisotopic (exact) mass is 664 g/mol. The van der Waals surface area contributed by atoms with Gasteiger partial charge in [-0.05, 0) is 112 Å². The Morgan fingerprint density at radius 1 is 0.462 bits per heavy atom. The maximum atomic E-state index is 2.45. The van der Waals surface area contributed by atoms with Crippen LogP contribution in [0.15, 0.2) is 188 Å². The van der Waals surface area contributed by atoms with Crippen LogP contribution < -0.4 is 4.90 Å². The number of anilines is 3. The number of hydrogen-bond acceptors (Lipinski definition) is 1. The zero-order chi connectivity index (χ0) is 34.4.